The Morgan fingerprint density at radius 3 is 2.50 bits per heavy atom. The third kappa shape index (κ3) is 1.72. The maximum absolute atomic E-state index is 9.27. The molecule has 1 unspecified atom stereocenters. The molecule has 84 valence electrons. The molecule has 2 rings (SSSR count). The topological polar surface area (TPSA) is 35.8 Å². The van der Waals surface area contributed by atoms with E-state index < -0.39 is 0 Å². The number of aryl methyl sites for hydroxylation is 2. The fourth-order valence-corrected chi connectivity index (χ4v) is 2.48. The molecule has 0 heterocycles. The van der Waals surface area contributed by atoms with Crippen LogP contribution in [-0.4, -0.2) is 7.05 Å². The molecule has 1 atom stereocenters. The van der Waals surface area contributed by atoms with E-state index in [9.17, 15) is 5.26 Å². The summed E-state index contributed by atoms with van der Waals surface area (Å²) in [5.74, 6) is 0. The first-order valence-electron chi connectivity index (χ1n) is 5.78. The molecule has 2 nitrogen and oxygen atoms in total. The number of nitrogens with one attached hydrogen (secondary N) is 1. The number of hydrogen-bond acceptors (Lipinski definition) is 2. The molecule has 1 aromatic rings. The van der Waals surface area contributed by atoms with Crippen molar-refractivity contribution < 1.29 is 0 Å². The van der Waals surface area contributed by atoms with E-state index in [2.05, 4.69) is 43.4 Å². The molecule has 1 fully saturated rings. The summed E-state index contributed by atoms with van der Waals surface area (Å²) in [6, 6.07) is 9.13. The third-order valence-electron chi connectivity index (χ3n) is 3.59. The Morgan fingerprint density at radius 1 is 1.38 bits per heavy atom. The molecule has 0 radical (unpaired) electrons. The third-order valence-corrected chi connectivity index (χ3v) is 3.59. The van der Waals surface area contributed by atoms with Crippen LogP contribution in [0.15, 0.2) is 18.2 Å². The highest BCUT2D eigenvalue weighted by Crippen LogP contribution is 2.54. The van der Waals surface area contributed by atoms with Crippen LogP contribution in [0.25, 0.3) is 0 Å². The van der Waals surface area contributed by atoms with Crippen LogP contribution >= 0.6 is 0 Å². The summed E-state index contributed by atoms with van der Waals surface area (Å²) in [6.45, 7) is 4.22. The monoisotopic (exact) mass is 214 g/mol. The van der Waals surface area contributed by atoms with E-state index in [4.69, 9.17) is 0 Å². The number of rotatable bonds is 3. The lowest BCUT2D eigenvalue weighted by molar-refractivity contribution is 0.442. The summed E-state index contributed by atoms with van der Waals surface area (Å²) in [6.07, 6.45) is 2.03. The molecule has 1 aliphatic rings. The van der Waals surface area contributed by atoms with Gasteiger partial charge < -0.3 is 5.32 Å². The van der Waals surface area contributed by atoms with Crippen molar-refractivity contribution in [2.75, 3.05) is 7.05 Å². The SMILES string of the molecule is CNC(c1ccc(C)cc1C)C1(C#N)CC1. The molecule has 1 aliphatic carbocycles. The number of benzene rings is 1. The van der Waals surface area contributed by atoms with E-state index in [0.29, 0.717) is 0 Å². The average Bonchev–Trinajstić information content (AvgIpc) is 3.03. The zero-order valence-corrected chi connectivity index (χ0v) is 10.2. The minimum Gasteiger partial charge on any atom is -0.312 e. The molecular formula is C14H18N2. The zero-order chi connectivity index (χ0) is 11.8. The van der Waals surface area contributed by atoms with Gasteiger partial charge >= 0.3 is 0 Å². The van der Waals surface area contributed by atoms with Gasteiger partial charge in [-0.05, 0) is 44.9 Å². The Kier molecular flexibility index (Phi) is 2.73. The molecular weight excluding hydrogens is 196 g/mol. The second kappa shape index (κ2) is 3.92. The lowest BCUT2D eigenvalue weighted by Crippen LogP contribution is -2.26. The van der Waals surface area contributed by atoms with Crippen LogP contribution in [0.5, 0.6) is 0 Å². The van der Waals surface area contributed by atoms with Crippen molar-refractivity contribution in [2.24, 2.45) is 5.41 Å². The lowest BCUT2D eigenvalue weighted by atomic mass is 9.88. The first-order chi connectivity index (χ1) is 7.63. The Balaban J connectivity index is 2.38. The fraction of sp³-hybridized carbons (Fsp3) is 0.500. The van der Waals surface area contributed by atoms with E-state index >= 15 is 0 Å². The molecule has 0 aromatic heterocycles. The lowest BCUT2D eigenvalue weighted by Gasteiger charge is -2.23. The van der Waals surface area contributed by atoms with Crippen LogP contribution in [0.2, 0.25) is 0 Å². The molecule has 1 saturated carbocycles. The van der Waals surface area contributed by atoms with Gasteiger partial charge in [-0.25, -0.2) is 0 Å². The van der Waals surface area contributed by atoms with Gasteiger partial charge in [0, 0.05) is 0 Å². The van der Waals surface area contributed by atoms with Crippen molar-refractivity contribution in [1.82, 2.24) is 5.32 Å². The van der Waals surface area contributed by atoms with Gasteiger partial charge in [0.05, 0.1) is 17.5 Å². The van der Waals surface area contributed by atoms with E-state index in [-0.39, 0.29) is 11.5 Å². The summed E-state index contributed by atoms with van der Waals surface area (Å²) in [5.41, 5.74) is 3.67. The van der Waals surface area contributed by atoms with E-state index in [1.807, 2.05) is 7.05 Å². The smallest absolute Gasteiger partial charge is 0.0769 e. The number of hydrogen-bond donors (Lipinski definition) is 1. The van der Waals surface area contributed by atoms with Crippen LogP contribution in [0, 0.1) is 30.6 Å². The Labute approximate surface area is 97.3 Å². The Hall–Kier alpha value is -1.33. The minimum absolute atomic E-state index is 0.158. The van der Waals surface area contributed by atoms with Crippen LogP contribution in [0.4, 0.5) is 0 Å². The fourth-order valence-electron chi connectivity index (χ4n) is 2.48. The molecule has 0 saturated heterocycles. The molecule has 0 spiro atoms. The minimum atomic E-state index is -0.158. The zero-order valence-electron chi connectivity index (χ0n) is 10.2. The molecule has 0 bridgehead atoms. The van der Waals surface area contributed by atoms with Crippen LogP contribution in [0.3, 0.4) is 0 Å². The highest BCUT2D eigenvalue weighted by Gasteiger charge is 2.50. The van der Waals surface area contributed by atoms with Gasteiger partial charge in [0.2, 0.25) is 0 Å². The van der Waals surface area contributed by atoms with Crippen LogP contribution in [0.1, 0.15) is 35.6 Å². The summed E-state index contributed by atoms with van der Waals surface area (Å²) in [5, 5.41) is 12.6. The predicted octanol–water partition coefficient (Wildman–Crippen LogP) is 2.87. The van der Waals surface area contributed by atoms with Crippen molar-refractivity contribution in [2.45, 2.75) is 32.7 Å². The van der Waals surface area contributed by atoms with Gasteiger partial charge in [-0.2, -0.15) is 5.26 Å². The van der Waals surface area contributed by atoms with Gasteiger partial charge in [0.1, 0.15) is 0 Å². The second-order valence-corrected chi connectivity index (χ2v) is 4.85. The van der Waals surface area contributed by atoms with Gasteiger partial charge in [0.25, 0.3) is 0 Å². The Morgan fingerprint density at radius 2 is 2.06 bits per heavy atom. The van der Waals surface area contributed by atoms with Gasteiger partial charge in [-0.15, -0.1) is 0 Å². The number of nitriles is 1. The van der Waals surface area contributed by atoms with Crippen molar-refractivity contribution in [3.63, 3.8) is 0 Å². The second-order valence-electron chi connectivity index (χ2n) is 4.85. The van der Waals surface area contributed by atoms with E-state index in [1.165, 1.54) is 16.7 Å². The highest BCUT2D eigenvalue weighted by molar-refractivity contribution is 5.37. The predicted molar refractivity (Wildman–Crippen MR) is 65.0 cm³/mol. The van der Waals surface area contributed by atoms with Gasteiger partial charge in [0.15, 0.2) is 0 Å². The molecule has 0 amide bonds. The van der Waals surface area contributed by atoms with Crippen LogP contribution < -0.4 is 5.32 Å². The van der Waals surface area contributed by atoms with Crippen LogP contribution in [-0.2, 0) is 0 Å². The molecule has 1 N–H and O–H groups in total. The average molecular weight is 214 g/mol. The Bertz CT molecular complexity index is 439. The molecule has 2 heteroatoms. The highest BCUT2D eigenvalue weighted by atomic mass is 14.9. The molecule has 1 aromatic carbocycles. The van der Waals surface area contributed by atoms with E-state index in [1.54, 1.807) is 0 Å². The standard InChI is InChI=1S/C14H18N2/c1-10-4-5-12(11(2)8-10)13(16-3)14(9-15)6-7-14/h4-5,8,13,16H,6-7H2,1-3H3. The van der Waals surface area contributed by atoms with Crippen molar-refractivity contribution in [3.05, 3.63) is 34.9 Å². The van der Waals surface area contributed by atoms with Crippen molar-refractivity contribution >= 4 is 0 Å². The quantitative estimate of drug-likeness (QED) is 0.839. The summed E-state index contributed by atoms with van der Waals surface area (Å²) in [7, 11) is 1.95. The maximum atomic E-state index is 9.27. The van der Waals surface area contributed by atoms with Crippen molar-refractivity contribution in [1.29, 1.82) is 5.26 Å². The first kappa shape index (κ1) is 11.2. The van der Waals surface area contributed by atoms with Crippen molar-refractivity contribution in [3.8, 4) is 6.07 Å². The maximum Gasteiger partial charge on any atom is 0.0769 e. The first-order valence-corrected chi connectivity index (χ1v) is 5.78. The normalized spacial score (nSPS) is 18.9. The van der Waals surface area contributed by atoms with Gasteiger partial charge in [-0.1, -0.05) is 23.8 Å². The largest absolute Gasteiger partial charge is 0.312 e. The molecule has 16 heavy (non-hydrogen) atoms. The molecule has 0 aliphatic heterocycles. The van der Waals surface area contributed by atoms with Gasteiger partial charge in [-0.3, -0.25) is 0 Å². The summed E-state index contributed by atoms with van der Waals surface area (Å²) >= 11 is 0. The summed E-state index contributed by atoms with van der Waals surface area (Å²) < 4.78 is 0. The summed E-state index contributed by atoms with van der Waals surface area (Å²) in [4.78, 5) is 0. The van der Waals surface area contributed by atoms with E-state index in [0.717, 1.165) is 12.8 Å². The number of nitrogens with zero attached hydrogens (tertiary/aromatic N) is 1.